The van der Waals surface area contributed by atoms with E-state index in [9.17, 15) is 28.8 Å². The average molecular weight is 624 g/mol. The van der Waals surface area contributed by atoms with E-state index >= 15 is 0 Å². The maximum atomic E-state index is 14.9. The molecule has 2 aliphatic rings. The molecule has 2 aliphatic carbocycles. The van der Waals surface area contributed by atoms with E-state index in [4.69, 9.17) is 0 Å². The first kappa shape index (κ1) is 30.7. The van der Waals surface area contributed by atoms with Crippen molar-refractivity contribution in [3.63, 3.8) is 0 Å². The normalized spacial score (nSPS) is 22.8. The van der Waals surface area contributed by atoms with Gasteiger partial charge >= 0.3 is 0 Å². The minimum absolute atomic E-state index is 0.0348. The highest BCUT2D eigenvalue weighted by atomic mass is 32.2. The Morgan fingerprint density at radius 1 is 0.644 bits per heavy atom. The van der Waals surface area contributed by atoms with Gasteiger partial charge in [0.25, 0.3) is 0 Å². The van der Waals surface area contributed by atoms with E-state index in [2.05, 4.69) is 10.6 Å². The van der Waals surface area contributed by atoms with Crippen molar-refractivity contribution in [2.45, 2.75) is 60.5 Å². The molecule has 0 saturated heterocycles. The van der Waals surface area contributed by atoms with Gasteiger partial charge in [-0.25, -0.2) is 4.21 Å². The Balaban J connectivity index is 1.35. The lowest BCUT2D eigenvalue weighted by molar-refractivity contribution is -0.122. The molecule has 6 rings (SSSR count). The zero-order valence-electron chi connectivity index (χ0n) is 24.7. The first-order valence-electron chi connectivity index (χ1n) is 15.2. The second-order valence-corrected chi connectivity index (χ2v) is 14.4. The van der Waals surface area contributed by atoms with Crippen LogP contribution >= 0.6 is 0 Å². The second-order valence-electron chi connectivity index (χ2n) is 11.9. The lowest BCUT2D eigenvalue weighted by Gasteiger charge is -2.29. The summed E-state index contributed by atoms with van der Waals surface area (Å²) in [5.74, 6) is -1.31. The molecule has 0 bridgehead atoms. The summed E-state index contributed by atoms with van der Waals surface area (Å²) in [4.78, 5) is 28.3. The van der Waals surface area contributed by atoms with E-state index in [0.29, 0.717) is 24.0 Å². The fourth-order valence-electron chi connectivity index (χ4n) is 6.59. The number of amides is 2. The number of rotatable bonds is 10. The van der Waals surface area contributed by atoms with Crippen LogP contribution in [0, 0.1) is 4.78 Å². The summed E-state index contributed by atoms with van der Waals surface area (Å²) in [6, 6.07) is 31.5. The summed E-state index contributed by atoms with van der Waals surface area (Å²) in [6.45, 7) is 0. The number of carbonyl (C=O) groups excluding carboxylic acids is 2. The van der Waals surface area contributed by atoms with Crippen LogP contribution < -0.4 is 10.6 Å². The summed E-state index contributed by atoms with van der Waals surface area (Å²) in [5, 5.41) is 24.7. The van der Waals surface area contributed by atoms with Crippen molar-refractivity contribution in [3.05, 3.63) is 143 Å². The van der Waals surface area contributed by atoms with Crippen LogP contribution in [0.15, 0.2) is 109 Å². The predicted molar refractivity (Wildman–Crippen MR) is 173 cm³/mol. The fourth-order valence-corrected chi connectivity index (χ4v) is 8.64. The maximum absolute atomic E-state index is 14.9. The molecule has 1 unspecified atom stereocenters. The second kappa shape index (κ2) is 13.0. The maximum Gasteiger partial charge on any atom is 0.237 e. The molecule has 9 heteroatoms. The monoisotopic (exact) mass is 623 g/mol. The molecular formula is C36H37N3O5S. The van der Waals surface area contributed by atoms with Crippen LogP contribution in [0.5, 0.6) is 0 Å². The molecule has 4 aromatic carbocycles. The molecule has 0 radical (unpaired) electrons. The van der Waals surface area contributed by atoms with Crippen molar-refractivity contribution >= 4 is 21.5 Å². The quantitative estimate of drug-likeness (QED) is 0.183. The van der Waals surface area contributed by atoms with Gasteiger partial charge in [0.05, 0.1) is 34.0 Å². The molecule has 232 valence electrons. The summed E-state index contributed by atoms with van der Waals surface area (Å²) >= 11 is 0. The Bertz CT molecular complexity index is 1660. The highest BCUT2D eigenvalue weighted by Gasteiger charge is 2.43. The van der Waals surface area contributed by atoms with Gasteiger partial charge in [0.2, 0.25) is 11.8 Å². The molecule has 4 aromatic rings. The highest BCUT2D eigenvalue weighted by molar-refractivity contribution is 7.95. The van der Waals surface area contributed by atoms with Gasteiger partial charge < -0.3 is 20.8 Å². The Kier molecular flexibility index (Phi) is 8.85. The third-order valence-electron chi connectivity index (χ3n) is 8.96. The first-order chi connectivity index (χ1) is 21.7. The topological polar surface area (TPSA) is 140 Å². The van der Waals surface area contributed by atoms with Crippen molar-refractivity contribution in [1.29, 1.82) is 4.78 Å². The minimum atomic E-state index is -4.02. The van der Waals surface area contributed by atoms with Gasteiger partial charge in [-0.15, -0.1) is 0 Å². The van der Waals surface area contributed by atoms with E-state index in [1.807, 2.05) is 60.7 Å². The average Bonchev–Trinajstić information content (AvgIpc) is 3.53. The standard InChI is InChI=1S/C36H37N3O5S/c37-45(44,31(19-23-11-3-1-4-12-23)35(42)38-33-27-17-9-7-15-25(27)21-29(33)40)32(20-24-13-5-2-6-14-24)36(43)39-34-28-18-10-8-16-26(28)22-30(34)41/h1-18,29-34,37,40-41H,19-22H2,(H,38,42)(H,39,43)/t29-,30-,31-,32+,33+,34+,45?/m1/s1. The lowest BCUT2D eigenvalue weighted by atomic mass is 10.1. The number of carbonyl (C=O) groups is 2. The van der Waals surface area contributed by atoms with Gasteiger partial charge in [-0.3, -0.25) is 14.4 Å². The van der Waals surface area contributed by atoms with Crippen molar-refractivity contribution in [3.8, 4) is 0 Å². The van der Waals surface area contributed by atoms with Gasteiger partial charge in [-0.2, -0.15) is 0 Å². The van der Waals surface area contributed by atoms with Gasteiger partial charge in [0.15, 0.2) is 0 Å². The van der Waals surface area contributed by atoms with Crippen LogP contribution in [-0.4, -0.2) is 48.9 Å². The molecule has 7 atom stereocenters. The Hall–Kier alpha value is -4.31. The third-order valence-corrected chi connectivity index (χ3v) is 11.4. The van der Waals surface area contributed by atoms with Crippen LogP contribution in [-0.2, 0) is 45.0 Å². The number of nitrogens with one attached hydrogen (secondary N) is 3. The summed E-state index contributed by atoms with van der Waals surface area (Å²) < 4.78 is 24.3. The lowest BCUT2D eigenvalue weighted by Crippen LogP contribution is -2.52. The van der Waals surface area contributed by atoms with Gasteiger partial charge in [-0.1, -0.05) is 109 Å². The molecule has 0 saturated carbocycles. The summed E-state index contributed by atoms with van der Waals surface area (Å²) in [5.41, 5.74) is 4.78. The number of fused-ring (bicyclic) bond motifs is 2. The number of hydrogen-bond donors (Lipinski definition) is 5. The van der Waals surface area contributed by atoms with Gasteiger partial charge in [0.1, 0.15) is 10.5 Å². The molecule has 45 heavy (non-hydrogen) atoms. The largest absolute Gasteiger partial charge is 0.390 e. The zero-order valence-corrected chi connectivity index (χ0v) is 25.5. The van der Waals surface area contributed by atoms with Crippen LogP contribution in [0.2, 0.25) is 0 Å². The SMILES string of the molecule is N=S(=O)([C@H](Cc1ccccc1)C(=O)N[C@H]1c2ccccc2C[C@H]1O)[C@@H](Cc1ccccc1)C(=O)N[C@H]1c2ccccc2C[C@H]1O. The van der Waals surface area contributed by atoms with E-state index in [1.54, 1.807) is 48.5 Å². The summed E-state index contributed by atoms with van der Waals surface area (Å²) in [7, 11) is -4.02. The van der Waals surface area contributed by atoms with Crippen molar-refractivity contribution in [1.82, 2.24) is 10.6 Å². The molecule has 8 nitrogen and oxygen atoms in total. The Morgan fingerprint density at radius 2 is 1.00 bits per heavy atom. The van der Waals surface area contributed by atoms with Crippen LogP contribution in [0.3, 0.4) is 0 Å². The Morgan fingerprint density at radius 3 is 1.40 bits per heavy atom. The number of hydrogen-bond acceptors (Lipinski definition) is 6. The Labute approximate surface area is 263 Å². The molecule has 0 heterocycles. The smallest absolute Gasteiger partial charge is 0.237 e. The van der Waals surface area contributed by atoms with Gasteiger partial charge in [0, 0.05) is 12.8 Å². The molecule has 5 N–H and O–H groups in total. The fraction of sp³-hybridized carbons (Fsp3) is 0.278. The number of benzene rings is 4. The molecule has 0 spiro atoms. The van der Waals surface area contributed by atoms with Crippen LogP contribution in [0.4, 0.5) is 0 Å². The van der Waals surface area contributed by atoms with Crippen molar-refractivity contribution in [2.24, 2.45) is 0 Å². The van der Waals surface area contributed by atoms with Crippen molar-refractivity contribution in [2.75, 3.05) is 0 Å². The predicted octanol–water partition coefficient (Wildman–Crippen LogP) is 3.80. The highest BCUT2D eigenvalue weighted by Crippen LogP contribution is 2.34. The first-order valence-corrected chi connectivity index (χ1v) is 16.9. The van der Waals surface area contributed by atoms with E-state index in [-0.39, 0.29) is 12.8 Å². The summed E-state index contributed by atoms with van der Waals surface area (Å²) in [6.07, 6.45) is -1.09. The van der Waals surface area contributed by atoms with Crippen LogP contribution in [0.1, 0.15) is 45.5 Å². The number of aliphatic hydroxyl groups is 2. The molecule has 0 fully saturated rings. The van der Waals surface area contributed by atoms with E-state index in [0.717, 1.165) is 22.3 Å². The molecule has 2 amide bonds. The van der Waals surface area contributed by atoms with E-state index < -0.39 is 56.3 Å². The van der Waals surface area contributed by atoms with E-state index in [1.165, 1.54) is 0 Å². The number of aliphatic hydroxyl groups excluding tert-OH is 2. The van der Waals surface area contributed by atoms with Crippen LogP contribution in [0.25, 0.3) is 0 Å². The van der Waals surface area contributed by atoms with Crippen molar-refractivity contribution < 1.29 is 24.0 Å². The minimum Gasteiger partial charge on any atom is -0.390 e. The molecule has 0 aromatic heterocycles. The van der Waals surface area contributed by atoms with Gasteiger partial charge in [-0.05, 0) is 46.2 Å². The molecule has 0 aliphatic heterocycles. The third kappa shape index (κ3) is 6.42. The molecular weight excluding hydrogens is 586 g/mol. The zero-order chi connectivity index (χ0) is 31.6.